The van der Waals surface area contributed by atoms with Crippen molar-refractivity contribution in [2.45, 2.75) is 6.04 Å². The van der Waals surface area contributed by atoms with E-state index in [-0.39, 0.29) is 11.8 Å². The average molecular weight is 362 g/mol. The van der Waals surface area contributed by atoms with E-state index >= 15 is 0 Å². The van der Waals surface area contributed by atoms with E-state index in [0.29, 0.717) is 10.5 Å². The molecule has 0 saturated heterocycles. The van der Waals surface area contributed by atoms with E-state index < -0.39 is 0 Å². The third kappa shape index (κ3) is 3.19. The number of rotatable bonds is 4. The number of fused-ring (bicyclic) bond motifs is 1. The maximum atomic E-state index is 10.9. The predicted octanol–water partition coefficient (Wildman–Crippen LogP) is 5.19. The summed E-state index contributed by atoms with van der Waals surface area (Å²) < 4.78 is 0. The molecular weight excluding hydrogens is 346 g/mol. The van der Waals surface area contributed by atoms with Gasteiger partial charge in [0.25, 0.3) is 0 Å². The Morgan fingerprint density at radius 1 is 0.962 bits per heavy atom. The molecule has 4 aromatic rings. The van der Waals surface area contributed by atoms with E-state index in [1.807, 2.05) is 60.7 Å². The topological polar surface area (TPSA) is 58.0 Å². The minimum absolute atomic E-state index is 0.159. The van der Waals surface area contributed by atoms with Gasteiger partial charge in [-0.1, -0.05) is 41.9 Å². The largest absolute Gasteiger partial charge is 0.505 e. The molecule has 4 nitrogen and oxygen atoms in total. The number of hydrogen-bond donors (Lipinski definition) is 2. The molecule has 0 spiro atoms. The number of phenolic OH excluding ortho intramolecular Hbond substituents is 1. The first-order valence-electron chi connectivity index (χ1n) is 8.21. The summed E-state index contributed by atoms with van der Waals surface area (Å²) in [5, 5.41) is 15.8. The van der Waals surface area contributed by atoms with Crippen LogP contribution in [0.25, 0.3) is 10.9 Å². The molecule has 2 aromatic carbocycles. The summed E-state index contributed by atoms with van der Waals surface area (Å²) >= 11 is 6.12. The molecule has 0 aliphatic heterocycles. The lowest BCUT2D eigenvalue weighted by molar-refractivity contribution is 0.471. The second kappa shape index (κ2) is 7.02. The van der Waals surface area contributed by atoms with E-state index in [9.17, 15) is 5.11 Å². The summed E-state index contributed by atoms with van der Waals surface area (Å²) in [5.41, 5.74) is 3.08. The van der Waals surface area contributed by atoms with Crippen LogP contribution in [-0.4, -0.2) is 15.1 Å². The number of pyridine rings is 2. The van der Waals surface area contributed by atoms with Crippen molar-refractivity contribution >= 4 is 28.2 Å². The molecule has 0 unspecified atom stereocenters. The molecular formula is C21H16ClN3O. The first-order valence-corrected chi connectivity index (χ1v) is 8.59. The average Bonchev–Trinajstić information content (AvgIpc) is 2.68. The minimum atomic E-state index is -0.298. The lowest BCUT2D eigenvalue weighted by Gasteiger charge is -2.22. The Hall–Kier alpha value is -3.11. The van der Waals surface area contributed by atoms with Crippen LogP contribution in [0.1, 0.15) is 17.2 Å². The summed E-state index contributed by atoms with van der Waals surface area (Å²) in [6, 6.07) is 18.7. The van der Waals surface area contributed by atoms with Crippen molar-refractivity contribution in [1.29, 1.82) is 0 Å². The summed E-state index contributed by atoms with van der Waals surface area (Å²) in [6.45, 7) is 0. The summed E-state index contributed by atoms with van der Waals surface area (Å²) in [5.74, 6) is 0.159. The summed E-state index contributed by atoms with van der Waals surface area (Å²) in [7, 11) is 0. The number of aromatic nitrogens is 2. The molecule has 0 aliphatic rings. The number of hydrogen-bond acceptors (Lipinski definition) is 4. The second-order valence-corrected chi connectivity index (χ2v) is 6.39. The summed E-state index contributed by atoms with van der Waals surface area (Å²) in [6.07, 6.45) is 5.18. The van der Waals surface area contributed by atoms with Crippen molar-refractivity contribution in [3.8, 4) is 5.75 Å². The molecule has 0 amide bonds. The highest BCUT2D eigenvalue weighted by atomic mass is 35.5. The Morgan fingerprint density at radius 3 is 2.65 bits per heavy atom. The predicted molar refractivity (Wildman–Crippen MR) is 105 cm³/mol. The third-order valence-corrected chi connectivity index (χ3v) is 4.48. The molecule has 0 aliphatic carbocycles. The molecule has 2 N–H and O–H groups in total. The lowest BCUT2D eigenvalue weighted by Crippen LogP contribution is -2.13. The lowest BCUT2D eigenvalue weighted by atomic mass is 9.97. The van der Waals surface area contributed by atoms with Gasteiger partial charge < -0.3 is 10.4 Å². The van der Waals surface area contributed by atoms with E-state index in [0.717, 1.165) is 22.2 Å². The van der Waals surface area contributed by atoms with E-state index in [2.05, 4.69) is 15.3 Å². The van der Waals surface area contributed by atoms with Gasteiger partial charge in [-0.15, -0.1) is 0 Å². The molecule has 128 valence electrons. The van der Waals surface area contributed by atoms with Crippen molar-refractivity contribution < 1.29 is 5.11 Å². The highest BCUT2D eigenvalue weighted by Gasteiger charge is 2.20. The van der Waals surface area contributed by atoms with Gasteiger partial charge in [0.1, 0.15) is 11.3 Å². The van der Waals surface area contributed by atoms with Gasteiger partial charge >= 0.3 is 0 Å². The van der Waals surface area contributed by atoms with Crippen molar-refractivity contribution in [2.24, 2.45) is 0 Å². The van der Waals surface area contributed by atoms with Gasteiger partial charge in [0.15, 0.2) is 0 Å². The quantitative estimate of drug-likeness (QED) is 0.525. The van der Waals surface area contributed by atoms with Gasteiger partial charge in [-0.2, -0.15) is 0 Å². The number of nitrogens with zero attached hydrogens (tertiary/aromatic N) is 2. The fraction of sp³-hybridized carbons (Fsp3) is 0.0476. The third-order valence-electron chi connectivity index (χ3n) is 4.24. The maximum absolute atomic E-state index is 10.9. The van der Waals surface area contributed by atoms with Crippen molar-refractivity contribution in [2.75, 3.05) is 5.32 Å². The van der Waals surface area contributed by atoms with Gasteiger partial charge in [-0.3, -0.25) is 9.97 Å². The van der Waals surface area contributed by atoms with Gasteiger partial charge in [-0.05, 0) is 35.9 Å². The first kappa shape index (κ1) is 16.4. The zero-order valence-electron chi connectivity index (χ0n) is 13.8. The Balaban J connectivity index is 1.84. The molecule has 0 radical (unpaired) electrons. The monoisotopic (exact) mass is 361 g/mol. The smallest absolute Gasteiger partial charge is 0.147 e. The van der Waals surface area contributed by atoms with Crippen LogP contribution in [0.5, 0.6) is 5.75 Å². The molecule has 0 fully saturated rings. The Morgan fingerprint density at radius 2 is 1.85 bits per heavy atom. The SMILES string of the molecule is Oc1c([C@@H](Nc2cccc(Cl)c2)c2cccnc2)ccc2cccnc12. The van der Waals surface area contributed by atoms with Gasteiger partial charge in [0, 0.05) is 40.3 Å². The zero-order valence-corrected chi connectivity index (χ0v) is 14.6. The van der Waals surface area contributed by atoms with Crippen molar-refractivity contribution in [1.82, 2.24) is 9.97 Å². The van der Waals surface area contributed by atoms with Crippen LogP contribution in [0, 0.1) is 0 Å². The van der Waals surface area contributed by atoms with E-state index in [1.165, 1.54) is 0 Å². The zero-order chi connectivity index (χ0) is 17.9. The van der Waals surface area contributed by atoms with E-state index in [1.54, 1.807) is 18.6 Å². The number of benzene rings is 2. The highest BCUT2D eigenvalue weighted by Crippen LogP contribution is 2.36. The molecule has 2 heterocycles. The standard InChI is InChI=1S/C21H16ClN3O/c22-16-6-1-7-17(12-16)25-19(15-5-2-10-23-13-15)18-9-8-14-4-3-11-24-20(14)21(18)26/h1-13,19,25-26H/t19-/m0/s1. The van der Waals surface area contributed by atoms with Crippen LogP contribution in [0.4, 0.5) is 5.69 Å². The van der Waals surface area contributed by atoms with Crippen molar-refractivity contribution in [3.05, 3.63) is 95.4 Å². The van der Waals surface area contributed by atoms with Crippen LogP contribution in [0.15, 0.2) is 79.3 Å². The molecule has 26 heavy (non-hydrogen) atoms. The second-order valence-electron chi connectivity index (χ2n) is 5.95. The number of aromatic hydroxyl groups is 1. The minimum Gasteiger partial charge on any atom is -0.505 e. The van der Waals surface area contributed by atoms with E-state index in [4.69, 9.17) is 11.6 Å². The summed E-state index contributed by atoms with van der Waals surface area (Å²) in [4.78, 5) is 8.54. The normalized spacial score (nSPS) is 12.0. The molecule has 0 saturated carbocycles. The Labute approximate surface area is 156 Å². The molecule has 5 heteroatoms. The Bertz CT molecular complexity index is 1050. The molecule has 1 atom stereocenters. The molecule has 2 aromatic heterocycles. The fourth-order valence-electron chi connectivity index (χ4n) is 3.01. The number of halogens is 1. The number of anilines is 1. The maximum Gasteiger partial charge on any atom is 0.147 e. The van der Waals surface area contributed by atoms with Crippen LogP contribution in [-0.2, 0) is 0 Å². The first-order chi connectivity index (χ1) is 12.7. The van der Waals surface area contributed by atoms with Crippen LogP contribution in [0.2, 0.25) is 5.02 Å². The Kier molecular flexibility index (Phi) is 4.42. The van der Waals surface area contributed by atoms with Gasteiger partial charge in [0.05, 0.1) is 6.04 Å². The van der Waals surface area contributed by atoms with Crippen LogP contribution < -0.4 is 5.32 Å². The van der Waals surface area contributed by atoms with Crippen molar-refractivity contribution in [3.63, 3.8) is 0 Å². The number of nitrogens with one attached hydrogen (secondary N) is 1. The highest BCUT2D eigenvalue weighted by molar-refractivity contribution is 6.30. The molecule has 0 bridgehead atoms. The van der Waals surface area contributed by atoms with Gasteiger partial charge in [0.2, 0.25) is 0 Å². The van der Waals surface area contributed by atoms with Crippen LogP contribution in [0.3, 0.4) is 0 Å². The number of phenols is 1. The fourth-order valence-corrected chi connectivity index (χ4v) is 3.20. The molecule has 4 rings (SSSR count). The van der Waals surface area contributed by atoms with Crippen LogP contribution >= 0.6 is 11.6 Å². The van der Waals surface area contributed by atoms with Gasteiger partial charge in [-0.25, -0.2) is 0 Å².